The molecule has 19 nitrogen and oxygen atoms in total. The number of hydrogen-bond acceptors (Lipinski definition) is 19. The SMILES string of the molecule is CCCCCCCC/C=C\CCCCCCCC(=O)C(CN)NC(CO)OCCOCCOCCOCCOCCOCCOCCOCCOCCOCCOCCOCCOCCOCCO. The number of allylic oxidation sites excluding steroid dienone is 2. The zero-order valence-corrected chi connectivity index (χ0v) is 43.0. The fourth-order valence-electron chi connectivity index (χ4n) is 6.27. The van der Waals surface area contributed by atoms with E-state index in [4.69, 9.17) is 77.2 Å². The van der Waals surface area contributed by atoms with Crippen molar-refractivity contribution in [3.05, 3.63) is 12.2 Å². The zero-order chi connectivity index (χ0) is 49.9. The van der Waals surface area contributed by atoms with E-state index in [0.29, 0.717) is 178 Å². The molecule has 0 aliphatic rings. The Kier molecular flexibility index (Phi) is 59.8. The van der Waals surface area contributed by atoms with E-state index in [9.17, 15) is 9.90 Å². The van der Waals surface area contributed by atoms with Crippen molar-refractivity contribution < 1.29 is 81.3 Å². The quantitative estimate of drug-likeness (QED) is 0.0383. The first-order chi connectivity index (χ1) is 34.2. The van der Waals surface area contributed by atoms with Crippen LogP contribution in [0.15, 0.2) is 12.2 Å². The second-order valence-corrected chi connectivity index (χ2v) is 16.0. The third kappa shape index (κ3) is 55.8. The summed E-state index contributed by atoms with van der Waals surface area (Å²) in [7, 11) is 0. The highest BCUT2D eigenvalue weighted by Crippen LogP contribution is 2.11. The summed E-state index contributed by atoms with van der Waals surface area (Å²) in [4.78, 5) is 12.7. The highest BCUT2D eigenvalue weighted by Gasteiger charge is 2.20. The number of nitrogens with one attached hydrogen (secondary N) is 1. The summed E-state index contributed by atoms with van der Waals surface area (Å²) in [5.41, 5.74) is 5.88. The van der Waals surface area contributed by atoms with Gasteiger partial charge in [-0.25, -0.2) is 0 Å². The van der Waals surface area contributed by atoms with Crippen molar-refractivity contribution in [2.24, 2.45) is 5.73 Å². The molecule has 0 saturated carbocycles. The lowest BCUT2D eigenvalue weighted by atomic mass is 10.0. The molecule has 0 amide bonds. The monoisotopic (exact) mass is 1000 g/mol. The number of ketones is 1. The molecular weight excluding hydrogens is 901 g/mol. The number of unbranched alkanes of at least 4 members (excludes halogenated alkanes) is 11. The minimum atomic E-state index is -0.691. The average molecular weight is 1000 g/mol. The third-order valence-corrected chi connectivity index (χ3v) is 10.1. The smallest absolute Gasteiger partial charge is 0.151 e. The summed E-state index contributed by atoms with van der Waals surface area (Å²) < 4.78 is 76.6. The first kappa shape index (κ1) is 67.7. The summed E-state index contributed by atoms with van der Waals surface area (Å²) in [6.07, 6.45) is 20.2. The Morgan fingerprint density at radius 3 is 1.01 bits per heavy atom. The normalized spacial score (nSPS) is 12.8. The summed E-state index contributed by atoms with van der Waals surface area (Å²) in [6, 6.07) is -0.548. The lowest BCUT2D eigenvalue weighted by Crippen LogP contribution is -2.50. The van der Waals surface area contributed by atoms with Crippen molar-refractivity contribution in [1.82, 2.24) is 5.32 Å². The van der Waals surface area contributed by atoms with Gasteiger partial charge in [-0.1, -0.05) is 70.4 Å². The number of aliphatic hydroxyl groups is 2. The first-order valence-corrected chi connectivity index (χ1v) is 26.2. The predicted octanol–water partition coefficient (Wildman–Crippen LogP) is 4.05. The predicted molar refractivity (Wildman–Crippen MR) is 265 cm³/mol. The van der Waals surface area contributed by atoms with Crippen LogP contribution in [0.3, 0.4) is 0 Å². The zero-order valence-electron chi connectivity index (χ0n) is 43.0. The van der Waals surface area contributed by atoms with Gasteiger partial charge in [0.2, 0.25) is 0 Å². The van der Waals surface area contributed by atoms with Crippen molar-refractivity contribution >= 4 is 5.78 Å². The van der Waals surface area contributed by atoms with Crippen LogP contribution in [0.25, 0.3) is 0 Å². The van der Waals surface area contributed by atoms with E-state index < -0.39 is 12.3 Å². The molecule has 0 bridgehead atoms. The van der Waals surface area contributed by atoms with Crippen LogP contribution in [-0.2, 0) is 71.1 Å². The van der Waals surface area contributed by atoms with Gasteiger partial charge in [-0.15, -0.1) is 0 Å². The van der Waals surface area contributed by atoms with Crippen molar-refractivity contribution in [3.63, 3.8) is 0 Å². The Balaban J connectivity index is 3.38. The molecule has 412 valence electrons. The molecule has 0 saturated heterocycles. The largest absolute Gasteiger partial charge is 0.394 e. The van der Waals surface area contributed by atoms with Gasteiger partial charge >= 0.3 is 0 Å². The fraction of sp³-hybridized carbons (Fsp3) is 0.940. The maximum atomic E-state index is 12.7. The standard InChI is InChI=1S/C50H100N2O17/c1-2-3-4-5-6-7-8-9-10-11-12-13-14-15-16-17-49(55)48(46-51)52-50(47-54)69-45-44-68-43-42-67-41-40-66-39-38-65-37-36-64-35-34-63-33-32-62-31-30-61-29-28-60-27-26-59-25-24-58-23-22-57-21-20-56-19-18-53/h9-10,48,50,52-54H,2-8,11-47,51H2,1H3/b10-9-. The molecule has 0 heterocycles. The van der Waals surface area contributed by atoms with Crippen LogP contribution >= 0.6 is 0 Å². The maximum Gasteiger partial charge on any atom is 0.151 e. The van der Waals surface area contributed by atoms with Gasteiger partial charge in [0.15, 0.2) is 5.78 Å². The molecule has 0 aliphatic heterocycles. The van der Waals surface area contributed by atoms with Crippen molar-refractivity contribution in [3.8, 4) is 0 Å². The number of carbonyl (C=O) groups excluding carboxylic acids is 1. The van der Waals surface area contributed by atoms with Gasteiger partial charge in [-0.2, -0.15) is 0 Å². The fourth-order valence-corrected chi connectivity index (χ4v) is 6.27. The Labute approximate surface area is 416 Å². The molecule has 0 fully saturated rings. The molecule has 2 unspecified atom stereocenters. The van der Waals surface area contributed by atoms with Crippen molar-refractivity contribution in [2.75, 3.05) is 198 Å². The van der Waals surface area contributed by atoms with E-state index in [-0.39, 0.29) is 32.1 Å². The molecule has 0 aromatic heterocycles. The van der Waals surface area contributed by atoms with Crippen molar-refractivity contribution in [1.29, 1.82) is 0 Å². The van der Waals surface area contributed by atoms with Crippen LogP contribution < -0.4 is 11.1 Å². The van der Waals surface area contributed by atoms with Crippen LogP contribution in [0.1, 0.15) is 96.8 Å². The molecular formula is C50H100N2O17. The minimum absolute atomic E-state index is 0.0180. The second-order valence-electron chi connectivity index (χ2n) is 16.0. The summed E-state index contributed by atoms with van der Waals surface area (Å²) in [6.45, 7) is 14.4. The number of carbonyl (C=O) groups is 1. The van der Waals surface area contributed by atoms with E-state index in [1.165, 1.54) is 57.8 Å². The third-order valence-electron chi connectivity index (χ3n) is 10.1. The van der Waals surface area contributed by atoms with Gasteiger partial charge in [0.25, 0.3) is 0 Å². The Bertz CT molecular complexity index is 1010. The second kappa shape index (κ2) is 61.0. The van der Waals surface area contributed by atoms with Crippen LogP contribution in [0.2, 0.25) is 0 Å². The number of aliphatic hydroxyl groups excluding tert-OH is 2. The molecule has 69 heavy (non-hydrogen) atoms. The van der Waals surface area contributed by atoms with E-state index in [1.807, 2.05) is 0 Å². The van der Waals surface area contributed by atoms with Crippen LogP contribution in [-0.4, -0.2) is 226 Å². The molecule has 5 N–H and O–H groups in total. The van der Waals surface area contributed by atoms with Gasteiger partial charge in [-0.05, 0) is 32.1 Å². The summed E-state index contributed by atoms with van der Waals surface area (Å²) in [5.74, 6) is 0.0548. The molecule has 0 radical (unpaired) electrons. The maximum absolute atomic E-state index is 12.7. The molecule has 19 heteroatoms. The van der Waals surface area contributed by atoms with Crippen LogP contribution in [0, 0.1) is 0 Å². The number of rotatable bonds is 62. The molecule has 0 spiro atoms. The summed E-state index contributed by atoms with van der Waals surface area (Å²) >= 11 is 0. The number of nitrogens with two attached hydrogens (primary N) is 1. The Morgan fingerprint density at radius 1 is 0.420 bits per heavy atom. The lowest BCUT2D eigenvalue weighted by Gasteiger charge is -2.23. The molecule has 0 rings (SSSR count). The van der Waals surface area contributed by atoms with Crippen LogP contribution in [0.4, 0.5) is 0 Å². The number of ether oxygens (including phenoxy) is 14. The first-order valence-electron chi connectivity index (χ1n) is 26.2. The molecule has 0 aliphatic carbocycles. The topological polar surface area (TPSA) is 225 Å². The average Bonchev–Trinajstić information content (AvgIpc) is 3.36. The molecule has 2 atom stereocenters. The number of Topliss-reactive ketones (excluding diaryl/α,β-unsaturated/α-hetero) is 1. The van der Waals surface area contributed by atoms with Gasteiger partial charge in [0.1, 0.15) is 6.23 Å². The van der Waals surface area contributed by atoms with Gasteiger partial charge in [0.05, 0.1) is 198 Å². The van der Waals surface area contributed by atoms with Gasteiger partial charge < -0.3 is 82.3 Å². The molecule has 0 aromatic carbocycles. The lowest BCUT2D eigenvalue weighted by molar-refractivity contribution is -0.123. The van der Waals surface area contributed by atoms with E-state index in [2.05, 4.69) is 24.4 Å². The van der Waals surface area contributed by atoms with E-state index in [1.54, 1.807) is 0 Å². The van der Waals surface area contributed by atoms with E-state index >= 15 is 0 Å². The number of hydrogen-bond donors (Lipinski definition) is 4. The highest BCUT2D eigenvalue weighted by molar-refractivity contribution is 5.84. The van der Waals surface area contributed by atoms with E-state index in [0.717, 1.165) is 25.7 Å². The van der Waals surface area contributed by atoms with Crippen LogP contribution in [0.5, 0.6) is 0 Å². The van der Waals surface area contributed by atoms with Gasteiger partial charge in [-0.3, -0.25) is 10.1 Å². The Morgan fingerprint density at radius 2 is 0.710 bits per heavy atom. The minimum Gasteiger partial charge on any atom is -0.394 e. The summed E-state index contributed by atoms with van der Waals surface area (Å²) in [5, 5.41) is 21.4. The highest BCUT2D eigenvalue weighted by atomic mass is 16.6. The van der Waals surface area contributed by atoms with Gasteiger partial charge in [0, 0.05) is 13.0 Å². The Hall–Kier alpha value is -1.31. The molecule has 0 aromatic rings. The van der Waals surface area contributed by atoms with Crippen molar-refractivity contribution in [2.45, 2.75) is 109 Å².